The highest BCUT2D eigenvalue weighted by Gasteiger charge is 2.24. The Labute approximate surface area is 391 Å². The lowest BCUT2D eigenvalue weighted by molar-refractivity contribution is -0.131. The molecule has 0 bridgehead atoms. The molecule has 360 valence electrons. The van der Waals surface area contributed by atoms with Gasteiger partial charge in [-0.15, -0.1) is 0 Å². The summed E-state index contributed by atoms with van der Waals surface area (Å²) < 4.78 is 0. The third-order valence-electron chi connectivity index (χ3n) is 12.5. The van der Waals surface area contributed by atoms with Crippen LogP contribution in [0.4, 0.5) is 0 Å². The summed E-state index contributed by atoms with van der Waals surface area (Å²) in [5.41, 5.74) is 0. The van der Waals surface area contributed by atoms with Crippen LogP contribution in [-0.4, -0.2) is 49.6 Å². The van der Waals surface area contributed by atoms with Crippen LogP contribution in [0, 0.1) is 0 Å². The van der Waals surface area contributed by atoms with Crippen LogP contribution in [0.5, 0.6) is 0 Å². The minimum atomic E-state index is -0.904. The molecule has 0 N–H and O–H groups in total. The van der Waals surface area contributed by atoms with Crippen molar-refractivity contribution in [2.45, 2.75) is 258 Å². The standard InChI is InChI=1S/C59H109NOP/c1-6-9-12-15-18-21-24-27-30-33-36-39-42-45-48-51-55-60(59(61)54-50-47-44-41-38-35-32-29-26-23-20-17-14-11-8-3)56-53-58-62(4,5)57-52-49-46-43-40-37-34-31-28-25-22-19-16-13-10-7-2/h18-23,27-32H,6-17,24-26,33-58H2,1-5H3/q+1/b21-18-,22-19-,23-20-,30-27-,31-28-,32-29-. The van der Waals surface area contributed by atoms with E-state index in [-0.39, 0.29) is 0 Å². The molecule has 2 nitrogen and oxygen atoms in total. The average Bonchev–Trinajstić information content (AvgIpc) is 3.26. The summed E-state index contributed by atoms with van der Waals surface area (Å²) in [5.74, 6) is 0.430. The van der Waals surface area contributed by atoms with Gasteiger partial charge in [-0.3, -0.25) is 4.79 Å². The number of hydrogen-bond acceptors (Lipinski definition) is 1. The average molecular weight is 880 g/mol. The molecule has 3 heteroatoms. The Morgan fingerprint density at radius 1 is 0.339 bits per heavy atom. The maximum atomic E-state index is 13.6. The molecule has 0 saturated carbocycles. The highest BCUT2D eigenvalue weighted by molar-refractivity contribution is 7.74. The zero-order valence-electron chi connectivity index (χ0n) is 42.7. The number of nitrogens with zero attached hydrogens (tertiary/aromatic N) is 1. The minimum Gasteiger partial charge on any atom is -0.343 e. The van der Waals surface area contributed by atoms with Crippen LogP contribution in [-0.2, 0) is 4.79 Å². The van der Waals surface area contributed by atoms with Gasteiger partial charge in [0.1, 0.15) is 0 Å². The van der Waals surface area contributed by atoms with Crippen molar-refractivity contribution in [1.82, 2.24) is 4.90 Å². The number of hydrogen-bond donors (Lipinski definition) is 0. The van der Waals surface area contributed by atoms with Crippen LogP contribution in [0.25, 0.3) is 0 Å². The largest absolute Gasteiger partial charge is 0.343 e. The number of rotatable bonds is 48. The second-order valence-electron chi connectivity index (χ2n) is 19.3. The smallest absolute Gasteiger partial charge is 0.222 e. The summed E-state index contributed by atoms with van der Waals surface area (Å²) >= 11 is 0. The van der Waals surface area contributed by atoms with E-state index in [0.29, 0.717) is 5.91 Å². The first-order valence-electron chi connectivity index (χ1n) is 27.5. The van der Waals surface area contributed by atoms with Gasteiger partial charge in [-0.1, -0.05) is 196 Å². The summed E-state index contributed by atoms with van der Waals surface area (Å²) in [6, 6.07) is 0. The summed E-state index contributed by atoms with van der Waals surface area (Å²) in [7, 11) is -0.904. The predicted octanol–water partition coefficient (Wildman–Crippen LogP) is 19.9. The predicted molar refractivity (Wildman–Crippen MR) is 288 cm³/mol. The van der Waals surface area contributed by atoms with Gasteiger partial charge in [0.05, 0.1) is 12.3 Å². The van der Waals surface area contributed by atoms with Crippen LogP contribution in [0.1, 0.15) is 258 Å². The van der Waals surface area contributed by atoms with Crippen molar-refractivity contribution < 1.29 is 4.79 Å². The van der Waals surface area contributed by atoms with E-state index in [9.17, 15) is 4.79 Å². The highest BCUT2D eigenvalue weighted by atomic mass is 31.2. The molecule has 1 amide bonds. The van der Waals surface area contributed by atoms with E-state index < -0.39 is 7.26 Å². The summed E-state index contributed by atoms with van der Waals surface area (Å²) in [6.07, 6.45) is 77.7. The molecule has 62 heavy (non-hydrogen) atoms. The number of carbonyl (C=O) groups excluding carboxylic acids is 1. The van der Waals surface area contributed by atoms with Gasteiger partial charge in [-0.05, 0) is 128 Å². The third kappa shape index (κ3) is 47.8. The topological polar surface area (TPSA) is 20.3 Å². The first-order chi connectivity index (χ1) is 30.5. The molecule has 0 aliphatic heterocycles. The van der Waals surface area contributed by atoms with Crippen molar-refractivity contribution in [2.75, 3.05) is 38.7 Å². The Balaban J connectivity index is 4.44. The fourth-order valence-electron chi connectivity index (χ4n) is 8.23. The molecule has 0 rings (SSSR count). The van der Waals surface area contributed by atoms with Gasteiger partial charge in [0.2, 0.25) is 5.91 Å². The summed E-state index contributed by atoms with van der Waals surface area (Å²) in [6.45, 7) is 13.9. The fraction of sp³-hybridized carbons (Fsp3) is 0.780. The molecule has 0 radical (unpaired) electrons. The van der Waals surface area contributed by atoms with Gasteiger partial charge in [0.15, 0.2) is 0 Å². The maximum Gasteiger partial charge on any atom is 0.222 e. The van der Waals surface area contributed by atoms with Crippen molar-refractivity contribution in [2.24, 2.45) is 0 Å². The monoisotopic (exact) mass is 879 g/mol. The normalized spacial score (nSPS) is 12.7. The molecule has 0 aromatic carbocycles. The Hall–Kier alpha value is -1.66. The van der Waals surface area contributed by atoms with Crippen LogP contribution in [0.15, 0.2) is 72.9 Å². The van der Waals surface area contributed by atoms with Gasteiger partial charge >= 0.3 is 0 Å². The van der Waals surface area contributed by atoms with Crippen molar-refractivity contribution in [3.8, 4) is 0 Å². The van der Waals surface area contributed by atoms with E-state index in [1.54, 1.807) is 0 Å². The van der Waals surface area contributed by atoms with Crippen molar-refractivity contribution in [3.63, 3.8) is 0 Å². The zero-order chi connectivity index (χ0) is 45.1. The lowest BCUT2D eigenvalue weighted by Crippen LogP contribution is -2.33. The Morgan fingerprint density at radius 3 is 1.02 bits per heavy atom. The molecule has 0 aromatic rings. The Kier molecular flexibility index (Phi) is 49.0. The minimum absolute atomic E-state index is 0.430. The summed E-state index contributed by atoms with van der Waals surface area (Å²) in [5, 5.41) is 0. The lowest BCUT2D eigenvalue weighted by atomic mass is 10.1. The number of allylic oxidation sites excluding steroid dienone is 12. The van der Waals surface area contributed by atoms with Crippen molar-refractivity contribution >= 4 is 13.2 Å². The molecular weight excluding hydrogens is 770 g/mol. The van der Waals surface area contributed by atoms with E-state index in [1.165, 1.54) is 218 Å². The van der Waals surface area contributed by atoms with Gasteiger partial charge in [0, 0.05) is 40.1 Å². The van der Waals surface area contributed by atoms with Crippen molar-refractivity contribution in [3.05, 3.63) is 72.9 Å². The third-order valence-corrected chi connectivity index (χ3v) is 15.5. The van der Waals surface area contributed by atoms with E-state index in [4.69, 9.17) is 0 Å². The van der Waals surface area contributed by atoms with Gasteiger partial charge in [-0.2, -0.15) is 0 Å². The zero-order valence-corrected chi connectivity index (χ0v) is 43.6. The van der Waals surface area contributed by atoms with Crippen LogP contribution < -0.4 is 0 Å². The Bertz CT molecular complexity index is 1100. The van der Waals surface area contributed by atoms with Crippen molar-refractivity contribution in [1.29, 1.82) is 0 Å². The van der Waals surface area contributed by atoms with Crippen LogP contribution in [0.3, 0.4) is 0 Å². The van der Waals surface area contributed by atoms with Crippen LogP contribution in [0.2, 0.25) is 0 Å². The maximum absolute atomic E-state index is 13.6. The SMILES string of the molecule is CCCCC/C=C\C/C=C\CCCCCCCCN(CCC[P+](C)(C)CCCCCCCC/C=C\C/C=C\CCCCC)C(=O)CCCCCCC/C=C\C/C=C\CCCCC. The number of unbranched alkanes of at least 4 members (excludes halogenated alkanes) is 26. The molecule has 0 heterocycles. The van der Waals surface area contributed by atoms with Gasteiger partial charge < -0.3 is 4.90 Å². The summed E-state index contributed by atoms with van der Waals surface area (Å²) in [4.78, 5) is 15.8. The quantitative estimate of drug-likeness (QED) is 0.0339. The fourth-order valence-corrected chi connectivity index (χ4v) is 10.5. The molecule has 0 aliphatic carbocycles. The molecule has 0 spiro atoms. The highest BCUT2D eigenvalue weighted by Crippen LogP contribution is 2.52. The first kappa shape index (κ1) is 60.3. The molecular formula is C59H109NOP+. The Morgan fingerprint density at radius 2 is 0.629 bits per heavy atom. The van der Waals surface area contributed by atoms with Gasteiger partial charge in [0.25, 0.3) is 0 Å². The molecule has 0 atom stereocenters. The lowest BCUT2D eigenvalue weighted by Gasteiger charge is -2.25. The molecule has 0 fully saturated rings. The molecule has 0 unspecified atom stereocenters. The molecule has 0 aromatic heterocycles. The second-order valence-corrected chi connectivity index (χ2v) is 24.0. The second kappa shape index (κ2) is 50.3. The van der Waals surface area contributed by atoms with E-state index in [2.05, 4.69) is 112 Å². The van der Waals surface area contributed by atoms with Crippen LogP contribution >= 0.6 is 7.26 Å². The molecule has 0 saturated heterocycles. The first-order valence-corrected chi connectivity index (χ1v) is 30.5. The van der Waals surface area contributed by atoms with E-state index >= 15 is 0 Å². The number of amides is 1. The van der Waals surface area contributed by atoms with E-state index in [1.807, 2.05) is 0 Å². The molecule has 0 aliphatic rings. The van der Waals surface area contributed by atoms with Gasteiger partial charge in [-0.25, -0.2) is 0 Å². The van der Waals surface area contributed by atoms with E-state index in [0.717, 1.165) is 45.2 Å². The number of carbonyl (C=O) groups is 1.